The number of anilines is 2. The second-order valence-electron chi connectivity index (χ2n) is 7.21. The minimum Gasteiger partial charge on any atom is -0.485 e. The topological polar surface area (TPSA) is 80.5 Å². The summed E-state index contributed by atoms with van der Waals surface area (Å²) in [6, 6.07) is 11.2. The minimum absolute atomic E-state index is 0.172. The highest BCUT2D eigenvalue weighted by atomic mass is 19.1. The number of aromatic nitrogens is 2. The van der Waals surface area contributed by atoms with Gasteiger partial charge in [-0.25, -0.2) is 4.39 Å². The van der Waals surface area contributed by atoms with Crippen molar-refractivity contribution in [3.8, 4) is 5.75 Å². The van der Waals surface area contributed by atoms with Crippen molar-refractivity contribution in [2.24, 2.45) is 0 Å². The van der Waals surface area contributed by atoms with Gasteiger partial charge >= 0.3 is 0 Å². The normalized spacial score (nSPS) is 13.9. The number of piperidine rings is 1. The summed E-state index contributed by atoms with van der Waals surface area (Å²) in [6.45, 7) is 3.69. The zero-order valence-corrected chi connectivity index (χ0v) is 16.7. The Morgan fingerprint density at radius 2 is 1.93 bits per heavy atom. The molecule has 2 aromatic carbocycles. The summed E-state index contributed by atoms with van der Waals surface area (Å²) < 4.78 is 24.3. The molecule has 0 radical (unpaired) electrons. The van der Waals surface area contributed by atoms with E-state index in [9.17, 15) is 9.18 Å². The Bertz CT molecular complexity index is 1010. The first-order chi connectivity index (χ1) is 14.6. The van der Waals surface area contributed by atoms with Crippen LogP contribution in [0.25, 0.3) is 0 Å². The molecule has 0 aliphatic carbocycles. The van der Waals surface area contributed by atoms with Gasteiger partial charge in [-0.3, -0.25) is 4.79 Å². The van der Waals surface area contributed by atoms with Gasteiger partial charge in [0.25, 0.3) is 5.91 Å². The number of ether oxygens (including phenoxy) is 1. The van der Waals surface area contributed by atoms with Gasteiger partial charge in [0.15, 0.2) is 6.61 Å². The molecule has 30 heavy (non-hydrogen) atoms. The van der Waals surface area contributed by atoms with Crippen molar-refractivity contribution in [2.75, 3.05) is 23.3 Å². The largest absolute Gasteiger partial charge is 0.485 e. The molecule has 2 heterocycles. The summed E-state index contributed by atoms with van der Waals surface area (Å²) in [5.74, 6) is 0.812. The van der Waals surface area contributed by atoms with E-state index in [4.69, 9.17) is 9.26 Å². The molecule has 1 N–H and O–H groups in total. The first-order valence-electron chi connectivity index (χ1n) is 9.96. The van der Waals surface area contributed by atoms with Crippen molar-refractivity contribution >= 4 is 17.3 Å². The Labute approximate surface area is 173 Å². The molecule has 0 bridgehead atoms. The van der Waals surface area contributed by atoms with Crippen LogP contribution in [0.3, 0.4) is 0 Å². The standard InChI is InChI=1S/C22H23FN4O3/c1-15-24-21(26-30-15)14-29-18-8-5-16(6-9-18)22(28)25-19-13-17(23)7-10-20(19)27-11-3-2-4-12-27/h5-10,13H,2-4,11-12,14H2,1H3,(H,25,28). The monoisotopic (exact) mass is 410 g/mol. The lowest BCUT2D eigenvalue weighted by Crippen LogP contribution is -2.30. The van der Waals surface area contributed by atoms with Crippen LogP contribution in [0.1, 0.15) is 41.3 Å². The Morgan fingerprint density at radius 3 is 2.63 bits per heavy atom. The summed E-state index contributed by atoms with van der Waals surface area (Å²) in [5.41, 5.74) is 1.78. The van der Waals surface area contributed by atoms with Gasteiger partial charge in [-0.2, -0.15) is 4.98 Å². The number of benzene rings is 2. The summed E-state index contributed by atoms with van der Waals surface area (Å²) >= 11 is 0. The van der Waals surface area contributed by atoms with E-state index in [1.54, 1.807) is 37.3 Å². The van der Waals surface area contributed by atoms with E-state index in [1.165, 1.54) is 18.6 Å². The number of hydrogen-bond donors (Lipinski definition) is 1. The fraction of sp³-hybridized carbons (Fsp3) is 0.318. The van der Waals surface area contributed by atoms with E-state index in [2.05, 4.69) is 20.4 Å². The Kier molecular flexibility index (Phi) is 5.92. The molecule has 0 spiro atoms. The molecule has 0 unspecified atom stereocenters. The molecule has 4 rings (SSSR count). The second kappa shape index (κ2) is 8.94. The molecule has 156 valence electrons. The number of hydrogen-bond acceptors (Lipinski definition) is 6. The van der Waals surface area contributed by atoms with Crippen molar-refractivity contribution in [3.05, 3.63) is 65.6 Å². The lowest BCUT2D eigenvalue weighted by Gasteiger charge is -2.30. The lowest BCUT2D eigenvalue weighted by atomic mass is 10.1. The van der Waals surface area contributed by atoms with E-state index in [0.717, 1.165) is 31.6 Å². The fourth-order valence-corrected chi connectivity index (χ4v) is 3.46. The smallest absolute Gasteiger partial charge is 0.255 e. The molecule has 1 aromatic heterocycles. The molecule has 1 saturated heterocycles. The van der Waals surface area contributed by atoms with Crippen LogP contribution in [0.15, 0.2) is 47.0 Å². The van der Waals surface area contributed by atoms with Gasteiger partial charge in [-0.05, 0) is 61.7 Å². The van der Waals surface area contributed by atoms with Crippen LogP contribution < -0.4 is 15.0 Å². The maximum absolute atomic E-state index is 13.8. The second-order valence-corrected chi connectivity index (χ2v) is 7.21. The summed E-state index contributed by atoms with van der Waals surface area (Å²) in [7, 11) is 0. The Hall–Kier alpha value is -3.42. The predicted molar refractivity (Wildman–Crippen MR) is 110 cm³/mol. The molecular weight excluding hydrogens is 387 g/mol. The van der Waals surface area contributed by atoms with Gasteiger partial charge in [0.2, 0.25) is 11.7 Å². The van der Waals surface area contributed by atoms with Crippen LogP contribution in [0, 0.1) is 12.7 Å². The Balaban J connectivity index is 1.43. The van der Waals surface area contributed by atoms with E-state index in [-0.39, 0.29) is 18.3 Å². The van der Waals surface area contributed by atoms with Crippen LogP contribution in [-0.2, 0) is 6.61 Å². The maximum Gasteiger partial charge on any atom is 0.255 e. The van der Waals surface area contributed by atoms with Crippen molar-refractivity contribution in [3.63, 3.8) is 0 Å². The third-order valence-electron chi connectivity index (χ3n) is 4.96. The lowest BCUT2D eigenvalue weighted by molar-refractivity contribution is 0.102. The number of amides is 1. The minimum atomic E-state index is -0.383. The highest BCUT2D eigenvalue weighted by molar-refractivity contribution is 6.06. The van der Waals surface area contributed by atoms with Gasteiger partial charge in [-0.15, -0.1) is 0 Å². The number of carbonyl (C=O) groups is 1. The average molecular weight is 410 g/mol. The van der Waals surface area contributed by atoms with Crippen LogP contribution in [0.5, 0.6) is 5.75 Å². The molecule has 8 heteroatoms. The quantitative estimate of drug-likeness (QED) is 0.651. The molecule has 3 aromatic rings. The van der Waals surface area contributed by atoms with Crippen LogP contribution in [0.4, 0.5) is 15.8 Å². The van der Waals surface area contributed by atoms with Gasteiger partial charge in [0.05, 0.1) is 11.4 Å². The number of nitrogens with zero attached hydrogens (tertiary/aromatic N) is 3. The Morgan fingerprint density at radius 1 is 1.17 bits per heavy atom. The van der Waals surface area contributed by atoms with E-state index in [0.29, 0.717) is 28.7 Å². The van der Waals surface area contributed by atoms with Crippen molar-refractivity contribution in [1.29, 1.82) is 0 Å². The van der Waals surface area contributed by atoms with Gasteiger partial charge in [-0.1, -0.05) is 5.16 Å². The zero-order valence-electron chi connectivity index (χ0n) is 16.7. The molecule has 0 saturated carbocycles. The number of halogens is 1. The van der Waals surface area contributed by atoms with Crippen molar-refractivity contribution < 1.29 is 18.4 Å². The SMILES string of the molecule is Cc1nc(COc2ccc(C(=O)Nc3cc(F)ccc3N3CCCCC3)cc2)no1. The first kappa shape index (κ1) is 19.9. The summed E-state index contributed by atoms with van der Waals surface area (Å²) in [6.07, 6.45) is 3.38. The average Bonchev–Trinajstić information content (AvgIpc) is 3.18. The van der Waals surface area contributed by atoms with E-state index < -0.39 is 0 Å². The summed E-state index contributed by atoms with van der Waals surface area (Å²) in [4.78, 5) is 19.0. The third-order valence-corrected chi connectivity index (χ3v) is 4.96. The number of nitrogens with one attached hydrogen (secondary N) is 1. The highest BCUT2D eigenvalue weighted by Gasteiger charge is 2.17. The molecular formula is C22H23FN4O3. The van der Waals surface area contributed by atoms with Crippen LogP contribution in [-0.4, -0.2) is 29.1 Å². The molecule has 1 aliphatic heterocycles. The van der Waals surface area contributed by atoms with Crippen molar-refractivity contribution in [1.82, 2.24) is 10.1 Å². The fourth-order valence-electron chi connectivity index (χ4n) is 3.46. The number of carbonyl (C=O) groups excluding carboxylic acids is 1. The van der Waals surface area contributed by atoms with E-state index in [1.807, 2.05) is 0 Å². The molecule has 7 nitrogen and oxygen atoms in total. The predicted octanol–water partition coefficient (Wildman–Crippen LogP) is 4.34. The molecule has 1 amide bonds. The maximum atomic E-state index is 13.8. The number of aryl methyl sites for hydroxylation is 1. The van der Waals surface area contributed by atoms with Crippen LogP contribution in [0.2, 0.25) is 0 Å². The molecule has 1 aliphatic rings. The first-order valence-corrected chi connectivity index (χ1v) is 9.96. The van der Waals surface area contributed by atoms with Crippen LogP contribution >= 0.6 is 0 Å². The molecule has 1 fully saturated rings. The van der Waals surface area contributed by atoms with Gasteiger partial charge in [0, 0.05) is 25.6 Å². The van der Waals surface area contributed by atoms with E-state index >= 15 is 0 Å². The highest BCUT2D eigenvalue weighted by Crippen LogP contribution is 2.30. The third kappa shape index (κ3) is 4.76. The zero-order chi connectivity index (χ0) is 20.9. The van der Waals surface area contributed by atoms with Gasteiger partial charge < -0.3 is 19.5 Å². The number of rotatable bonds is 6. The van der Waals surface area contributed by atoms with Crippen molar-refractivity contribution in [2.45, 2.75) is 32.8 Å². The molecule has 0 atom stereocenters. The van der Waals surface area contributed by atoms with Gasteiger partial charge in [0.1, 0.15) is 11.6 Å². The summed E-state index contributed by atoms with van der Waals surface area (Å²) in [5, 5.41) is 6.62.